The van der Waals surface area contributed by atoms with E-state index in [1.54, 1.807) is 19.1 Å². The molecule has 0 aliphatic carbocycles. The summed E-state index contributed by atoms with van der Waals surface area (Å²) in [5.41, 5.74) is 0.594. The Hall–Kier alpha value is -2.09. The third-order valence-corrected chi connectivity index (χ3v) is 2.32. The van der Waals surface area contributed by atoms with Gasteiger partial charge in [0, 0.05) is 0 Å². The summed E-state index contributed by atoms with van der Waals surface area (Å²) in [7, 11) is 0. The average molecular weight is 212 g/mol. The third-order valence-electron chi connectivity index (χ3n) is 2.32. The van der Waals surface area contributed by atoms with Gasteiger partial charge in [0.2, 0.25) is 0 Å². The molecule has 0 bridgehead atoms. The summed E-state index contributed by atoms with van der Waals surface area (Å²) in [4.78, 5) is 11.7. The van der Waals surface area contributed by atoms with E-state index in [-0.39, 0.29) is 5.97 Å². The van der Waals surface area contributed by atoms with E-state index in [0.717, 1.165) is 10.8 Å². The Morgan fingerprint density at radius 2 is 1.88 bits per heavy atom. The van der Waals surface area contributed by atoms with Crippen LogP contribution in [-0.2, 0) is 4.74 Å². The van der Waals surface area contributed by atoms with Crippen molar-refractivity contribution in [3.63, 3.8) is 0 Å². The molecule has 0 N–H and O–H groups in total. The SMILES string of the molecule is C/C=C/OC(=O)c1cccc2ccccc12. The van der Waals surface area contributed by atoms with Crippen LogP contribution in [0.4, 0.5) is 0 Å². The number of esters is 1. The average Bonchev–Trinajstić information content (AvgIpc) is 2.35. The predicted molar refractivity (Wildman–Crippen MR) is 64.2 cm³/mol. The molecule has 2 heteroatoms. The fourth-order valence-electron chi connectivity index (χ4n) is 1.60. The van der Waals surface area contributed by atoms with Crippen LogP contribution in [0.15, 0.2) is 54.8 Å². The van der Waals surface area contributed by atoms with Crippen LogP contribution in [-0.4, -0.2) is 5.97 Å². The highest BCUT2D eigenvalue weighted by molar-refractivity contribution is 6.04. The largest absolute Gasteiger partial charge is 0.431 e. The molecule has 0 aliphatic heterocycles. The minimum absolute atomic E-state index is 0.324. The molecule has 0 fully saturated rings. The van der Waals surface area contributed by atoms with Crippen molar-refractivity contribution in [2.75, 3.05) is 0 Å². The number of hydrogen-bond donors (Lipinski definition) is 0. The molecule has 0 saturated carbocycles. The van der Waals surface area contributed by atoms with E-state index in [1.807, 2.05) is 36.4 Å². The maximum Gasteiger partial charge on any atom is 0.343 e. The predicted octanol–water partition coefficient (Wildman–Crippen LogP) is 3.53. The Morgan fingerprint density at radius 3 is 2.69 bits per heavy atom. The highest BCUT2D eigenvalue weighted by atomic mass is 16.5. The van der Waals surface area contributed by atoms with E-state index in [0.29, 0.717) is 5.56 Å². The fourth-order valence-corrected chi connectivity index (χ4v) is 1.60. The number of carbonyl (C=O) groups excluding carboxylic acids is 1. The maximum atomic E-state index is 11.7. The number of fused-ring (bicyclic) bond motifs is 1. The van der Waals surface area contributed by atoms with Crippen molar-refractivity contribution in [1.29, 1.82) is 0 Å². The van der Waals surface area contributed by atoms with Crippen LogP contribution in [0.2, 0.25) is 0 Å². The van der Waals surface area contributed by atoms with Crippen LogP contribution in [0, 0.1) is 0 Å². The van der Waals surface area contributed by atoms with E-state index < -0.39 is 0 Å². The number of hydrogen-bond acceptors (Lipinski definition) is 2. The lowest BCUT2D eigenvalue weighted by Gasteiger charge is -2.03. The first kappa shape index (κ1) is 10.4. The van der Waals surface area contributed by atoms with Crippen LogP contribution >= 0.6 is 0 Å². The number of benzene rings is 2. The topological polar surface area (TPSA) is 26.3 Å². The lowest BCUT2D eigenvalue weighted by atomic mass is 10.1. The first-order valence-corrected chi connectivity index (χ1v) is 5.13. The third kappa shape index (κ3) is 1.96. The van der Waals surface area contributed by atoms with Crippen molar-refractivity contribution in [2.24, 2.45) is 0 Å². The quantitative estimate of drug-likeness (QED) is 0.562. The smallest absolute Gasteiger partial charge is 0.343 e. The van der Waals surface area contributed by atoms with Crippen LogP contribution in [0.25, 0.3) is 10.8 Å². The molecule has 2 nitrogen and oxygen atoms in total. The zero-order valence-electron chi connectivity index (χ0n) is 9.01. The lowest BCUT2D eigenvalue weighted by Crippen LogP contribution is -2.01. The summed E-state index contributed by atoms with van der Waals surface area (Å²) in [6.45, 7) is 1.80. The van der Waals surface area contributed by atoms with Gasteiger partial charge in [-0.1, -0.05) is 42.5 Å². The minimum Gasteiger partial charge on any atom is -0.431 e. The van der Waals surface area contributed by atoms with E-state index >= 15 is 0 Å². The van der Waals surface area contributed by atoms with Crippen LogP contribution < -0.4 is 0 Å². The molecule has 0 aromatic heterocycles. The van der Waals surface area contributed by atoms with Gasteiger partial charge in [-0.3, -0.25) is 0 Å². The van der Waals surface area contributed by atoms with Gasteiger partial charge in [0.05, 0.1) is 11.8 Å². The molecule has 0 saturated heterocycles. The summed E-state index contributed by atoms with van der Waals surface area (Å²) in [5, 5.41) is 1.96. The van der Waals surface area contributed by atoms with Gasteiger partial charge in [0.1, 0.15) is 0 Å². The summed E-state index contributed by atoms with van der Waals surface area (Å²) in [6.07, 6.45) is 3.08. The van der Waals surface area contributed by atoms with Crippen LogP contribution in [0.5, 0.6) is 0 Å². The highest BCUT2D eigenvalue weighted by Crippen LogP contribution is 2.19. The second kappa shape index (κ2) is 4.62. The summed E-state index contributed by atoms with van der Waals surface area (Å²) < 4.78 is 4.97. The molecule has 2 rings (SSSR count). The Bertz CT molecular complexity index is 536. The van der Waals surface area contributed by atoms with Crippen LogP contribution in [0.1, 0.15) is 17.3 Å². The van der Waals surface area contributed by atoms with E-state index in [1.165, 1.54) is 6.26 Å². The van der Waals surface area contributed by atoms with Gasteiger partial charge in [-0.25, -0.2) is 4.79 Å². The van der Waals surface area contributed by atoms with Gasteiger partial charge in [-0.15, -0.1) is 0 Å². The van der Waals surface area contributed by atoms with Crippen molar-refractivity contribution in [3.8, 4) is 0 Å². The van der Waals surface area contributed by atoms with Gasteiger partial charge in [0.25, 0.3) is 0 Å². The molecule has 80 valence electrons. The molecule has 0 radical (unpaired) electrons. The van der Waals surface area contributed by atoms with Gasteiger partial charge in [-0.05, 0) is 23.8 Å². The summed E-state index contributed by atoms with van der Waals surface area (Å²) in [6, 6.07) is 13.4. The second-order valence-corrected chi connectivity index (χ2v) is 3.40. The van der Waals surface area contributed by atoms with Gasteiger partial charge >= 0.3 is 5.97 Å². The molecule has 0 aliphatic rings. The molecule has 16 heavy (non-hydrogen) atoms. The molecule has 0 atom stereocenters. The summed E-state index contributed by atoms with van der Waals surface area (Å²) in [5.74, 6) is -0.324. The molecule has 2 aromatic carbocycles. The number of allylic oxidation sites excluding steroid dienone is 1. The minimum atomic E-state index is -0.324. The highest BCUT2D eigenvalue weighted by Gasteiger charge is 2.09. The van der Waals surface area contributed by atoms with Crippen molar-refractivity contribution < 1.29 is 9.53 Å². The van der Waals surface area contributed by atoms with E-state index in [9.17, 15) is 4.79 Å². The Labute approximate surface area is 94.2 Å². The second-order valence-electron chi connectivity index (χ2n) is 3.40. The fraction of sp³-hybridized carbons (Fsp3) is 0.0714. The number of rotatable bonds is 2. The van der Waals surface area contributed by atoms with Crippen molar-refractivity contribution >= 4 is 16.7 Å². The normalized spacial score (nSPS) is 10.8. The van der Waals surface area contributed by atoms with Gasteiger partial charge in [-0.2, -0.15) is 0 Å². The van der Waals surface area contributed by atoms with Crippen molar-refractivity contribution in [3.05, 3.63) is 60.4 Å². The first-order valence-electron chi connectivity index (χ1n) is 5.13. The zero-order valence-corrected chi connectivity index (χ0v) is 9.01. The van der Waals surface area contributed by atoms with Crippen molar-refractivity contribution in [2.45, 2.75) is 6.92 Å². The molecule has 0 spiro atoms. The first-order chi connectivity index (χ1) is 7.83. The van der Waals surface area contributed by atoms with Crippen LogP contribution in [0.3, 0.4) is 0 Å². The summed E-state index contributed by atoms with van der Waals surface area (Å²) >= 11 is 0. The monoisotopic (exact) mass is 212 g/mol. The maximum absolute atomic E-state index is 11.7. The molecule has 0 unspecified atom stereocenters. The lowest BCUT2D eigenvalue weighted by molar-refractivity contribution is 0.0665. The molecule has 2 aromatic rings. The standard InChI is InChI=1S/C14H12O2/c1-2-10-16-14(15)13-9-5-7-11-6-3-4-8-12(11)13/h2-10H,1H3/b10-2+. The number of carbonyl (C=O) groups is 1. The molecular weight excluding hydrogens is 200 g/mol. The Balaban J connectivity index is 2.48. The van der Waals surface area contributed by atoms with E-state index in [4.69, 9.17) is 4.74 Å². The van der Waals surface area contributed by atoms with Crippen molar-refractivity contribution in [1.82, 2.24) is 0 Å². The number of ether oxygens (including phenoxy) is 1. The van der Waals surface area contributed by atoms with Gasteiger partial charge in [0.15, 0.2) is 0 Å². The van der Waals surface area contributed by atoms with E-state index in [2.05, 4.69) is 0 Å². The Morgan fingerprint density at radius 1 is 1.12 bits per heavy atom. The zero-order chi connectivity index (χ0) is 11.4. The molecule has 0 heterocycles. The Kier molecular flexibility index (Phi) is 3.01. The van der Waals surface area contributed by atoms with Gasteiger partial charge < -0.3 is 4.74 Å². The molecular formula is C14H12O2. The molecule has 0 amide bonds.